The highest BCUT2D eigenvalue weighted by Crippen LogP contribution is 2.60. The normalized spacial score (nSPS) is 18.5. The van der Waals surface area contributed by atoms with Crippen molar-refractivity contribution in [3.8, 4) is 44.9 Å². The van der Waals surface area contributed by atoms with Crippen LogP contribution in [0.2, 0.25) is 0 Å². The third-order valence-corrected chi connectivity index (χ3v) is 15.5. The molecule has 0 fully saturated rings. The van der Waals surface area contributed by atoms with Crippen molar-refractivity contribution in [1.82, 2.24) is 0 Å². The quantitative estimate of drug-likeness (QED) is 0.134. The second-order valence-electron chi connectivity index (χ2n) is 18.7. The van der Waals surface area contributed by atoms with Gasteiger partial charge < -0.3 is 25.2 Å². The molecule has 9 aromatic carbocycles. The molecule has 5 aliphatic carbocycles. The van der Waals surface area contributed by atoms with Crippen LogP contribution in [-0.4, -0.2) is 20.4 Å². The first-order chi connectivity index (χ1) is 33.2. The average molecular weight is 879 g/mol. The van der Waals surface area contributed by atoms with Crippen molar-refractivity contribution in [3.63, 3.8) is 0 Å². The van der Waals surface area contributed by atoms with Gasteiger partial charge in [-0.2, -0.15) is 0 Å². The Bertz CT molecular complexity index is 3590. The summed E-state index contributed by atoms with van der Waals surface area (Å²) in [6, 6.07) is 66.9. The first kappa shape index (κ1) is 39.3. The lowest BCUT2D eigenvalue weighted by molar-refractivity contribution is 0.115. The zero-order chi connectivity index (χ0) is 45.6. The van der Waals surface area contributed by atoms with Gasteiger partial charge in [-0.3, -0.25) is 0 Å². The van der Waals surface area contributed by atoms with Crippen LogP contribution in [0.25, 0.3) is 39.0 Å². The Labute approximate surface area is 393 Å². The van der Waals surface area contributed by atoms with Gasteiger partial charge in [0, 0.05) is 50.1 Å². The second-order valence-corrected chi connectivity index (χ2v) is 18.7. The van der Waals surface area contributed by atoms with Crippen molar-refractivity contribution < 1.29 is 25.2 Å². The molecule has 0 radical (unpaired) electrons. The van der Waals surface area contributed by atoms with Crippen molar-refractivity contribution in [2.24, 2.45) is 0 Å². The maximum atomic E-state index is 13.8. The standard InChI is InChI=1S/C63H42O5/c64-60(48-24-8-1-16-40(48)41-17-2-9-25-49(41)60)38-32-34-58(56(36-38)62(66)52-28-12-5-20-44(52)45-21-6-13-29-53(45)62)68-59-35-33-39(61(65)50-26-10-3-18-42(50)43-19-4-11-27-51(43)61)37-57(59)63(67)54-30-14-7-22-46(54)47-23-15-31-55(47)63/h1-30,32-37,64-67H,31H2. The minimum absolute atomic E-state index is 0.337. The molecule has 5 nitrogen and oxygen atoms in total. The molecule has 1 unspecified atom stereocenters. The Kier molecular flexibility index (Phi) is 7.99. The van der Waals surface area contributed by atoms with Crippen LogP contribution in [0.5, 0.6) is 11.5 Å². The summed E-state index contributed by atoms with van der Waals surface area (Å²) in [4.78, 5) is 0. The molecule has 0 saturated heterocycles. The molecule has 0 heterocycles. The third-order valence-electron chi connectivity index (χ3n) is 15.5. The summed E-state index contributed by atoms with van der Waals surface area (Å²) < 4.78 is 7.34. The molecule has 4 N–H and O–H groups in total. The van der Waals surface area contributed by atoms with Crippen LogP contribution in [0.1, 0.15) is 73.2 Å². The number of aliphatic hydroxyl groups is 4. The van der Waals surface area contributed by atoms with Crippen LogP contribution < -0.4 is 4.74 Å². The molecule has 0 saturated carbocycles. The molecule has 324 valence electrons. The van der Waals surface area contributed by atoms with Gasteiger partial charge in [0.05, 0.1) is 0 Å². The molecule has 0 aliphatic heterocycles. The molecule has 0 bridgehead atoms. The van der Waals surface area contributed by atoms with Crippen LogP contribution in [0.3, 0.4) is 0 Å². The topological polar surface area (TPSA) is 90.2 Å². The molecule has 5 aliphatic rings. The van der Waals surface area contributed by atoms with E-state index in [-0.39, 0.29) is 0 Å². The van der Waals surface area contributed by atoms with E-state index >= 15 is 0 Å². The Morgan fingerprint density at radius 1 is 0.309 bits per heavy atom. The van der Waals surface area contributed by atoms with E-state index in [4.69, 9.17) is 4.74 Å². The van der Waals surface area contributed by atoms with Crippen molar-refractivity contribution in [2.75, 3.05) is 0 Å². The highest BCUT2D eigenvalue weighted by molar-refractivity contribution is 5.90. The number of allylic oxidation sites excluding steroid dienone is 3. The van der Waals surface area contributed by atoms with Crippen LogP contribution >= 0.6 is 0 Å². The van der Waals surface area contributed by atoms with E-state index in [0.29, 0.717) is 51.3 Å². The average Bonchev–Trinajstić information content (AvgIpc) is 4.18. The Morgan fingerprint density at radius 2 is 0.618 bits per heavy atom. The Morgan fingerprint density at radius 3 is 1.00 bits per heavy atom. The largest absolute Gasteiger partial charge is 0.457 e. The summed E-state index contributed by atoms with van der Waals surface area (Å²) in [5, 5.41) is 54.1. The number of fused-ring (bicyclic) bond motifs is 11. The summed E-state index contributed by atoms with van der Waals surface area (Å²) in [6.07, 6.45) is 4.69. The van der Waals surface area contributed by atoms with Gasteiger partial charge in [-0.05, 0) is 91.9 Å². The minimum Gasteiger partial charge on any atom is -0.457 e. The van der Waals surface area contributed by atoms with Gasteiger partial charge in [0.25, 0.3) is 0 Å². The van der Waals surface area contributed by atoms with E-state index in [1.54, 1.807) is 0 Å². The number of hydrogen-bond donors (Lipinski definition) is 4. The molecule has 9 aromatic rings. The first-order valence-electron chi connectivity index (χ1n) is 23.2. The monoisotopic (exact) mass is 878 g/mol. The summed E-state index contributed by atoms with van der Waals surface area (Å²) in [5.41, 5.74) is 8.97. The Balaban J connectivity index is 1.03. The first-order valence-corrected chi connectivity index (χ1v) is 23.2. The van der Waals surface area contributed by atoms with Gasteiger partial charge in [-0.1, -0.05) is 194 Å². The molecule has 0 spiro atoms. The summed E-state index contributed by atoms with van der Waals surface area (Å²) in [5.74, 6) is 0.686. The van der Waals surface area contributed by atoms with Crippen LogP contribution in [-0.2, 0) is 22.4 Å². The van der Waals surface area contributed by atoms with Crippen molar-refractivity contribution in [2.45, 2.75) is 28.8 Å². The zero-order valence-corrected chi connectivity index (χ0v) is 36.7. The number of benzene rings is 9. The van der Waals surface area contributed by atoms with Gasteiger partial charge in [0.1, 0.15) is 33.9 Å². The minimum atomic E-state index is -1.74. The van der Waals surface area contributed by atoms with E-state index in [0.717, 1.165) is 77.9 Å². The van der Waals surface area contributed by atoms with E-state index in [1.807, 2.05) is 206 Å². The zero-order valence-electron chi connectivity index (χ0n) is 36.7. The van der Waals surface area contributed by atoms with Crippen LogP contribution in [0, 0.1) is 0 Å². The highest BCUT2D eigenvalue weighted by atomic mass is 16.5. The molecule has 68 heavy (non-hydrogen) atoms. The predicted molar refractivity (Wildman–Crippen MR) is 265 cm³/mol. The fourth-order valence-corrected chi connectivity index (χ4v) is 12.5. The molecule has 0 amide bonds. The summed E-state index contributed by atoms with van der Waals surface area (Å²) >= 11 is 0. The smallest absolute Gasteiger partial charge is 0.145 e. The van der Waals surface area contributed by atoms with Crippen molar-refractivity contribution in [3.05, 3.63) is 291 Å². The van der Waals surface area contributed by atoms with Gasteiger partial charge >= 0.3 is 0 Å². The highest BCUT2D eigenvalue weighted by Gasteiger charge is 2.51. The Hall–Kier alpha value is -7.90. The van der Waals surface area contributed by atoms with Gasteiger partial charge in [0.15, 0.2) is 0 Å². The summed E-state index contributed by atoms with van der Waals surface area (Å²) in [7, 11) is 0. The maximum Gasteiger partial charge on any atom is 0.145 e. The van der Waals surface area contributed by atoms with Crippen LogP contribution in [0.15, 0.2) is 224 Å². The van der Waals surface area contributed by atoms with E-state index in [9.17, 15) is 20.4 Å². The number of rotatable bonds is 6. The van der Waals surface area contributed by atoms with Crippen molar-refractivity contribution >= 4 is 5.57 Å². The second kappa shape index (κ2) is 13.8. The van der Waals surface area contributed by atoms with Crippen molar-refractivity contribution in [1.29, 1.82) is 0 Å². The molecule has 1 atom stereocenters. The SMILES string of the molecule is OC1(c2cc(C3(O)c4ccccc4-c4ccccc43)ccc2Oc2ccc(C3(O)c4ccccc4-c4ccccc43)cc2C2(O)c3ccccc3-c3ccccc32)C2=C(C=CC2)c2ccccc21. The number of ether oxygens (including phenoxy) is 1. The van der Waals surface area contributed by atoms with E-state index in [1.165, 1.54) is 0 Å². The van der Waals surface area contributed by atoms with Crippen LogP contribution in [0.4, 0.5) is 0 Å². The van der Waals surface area contributed by atoms with Gasteiger partial charge in [-0.15, -0.1) is 0 Å². The molecular weight excluding hydrogens is 837 g/mol. The third kappa shape index (κ3) is 4.88. The van der Waals surface area contributed by atoms with E-state index in [2.05, 4.69) is 12.2 Å². The van der Waals surface area contributed by atoms with Gasteiger partial charge in [-0.25, -0.2) is 0 Å². The maximum absolute atomic E-state index is 13.8. The molecule has 5 heteroatoms. The molecular formula is C63H42O5. The molecule has 0 aromatic heterocycles. The fourth-order valence-electron chi connectivity index (χ4n) is 12.5. The molecule has 14 rings (SSSR count). The fraction of sp³-hybridized carbons (Fsp3) is 0.0794. The number of hydrogen-bond acceptors (Lipinski definition) is 5. The lowest BCUT2D eigenvalue weighted by Gasteiger charge is -2.34. The predicted octanol–water partition coefficient (Wildman–Crippen LogP) is 12.2. The lowest BCUT2D eigenvalue weighted by atomic mass is 9.77. The van der Waals surface area contributed by atoms with Gasteiger partial charge in [0.2, 0.25) is 0 Å². The lowest BCUT2D eigenvalue weighted by Crippen LogP contribution is -2.31. The van der Waals surface area contributed by atoms with E-state index < -0.39 is 22.4 Å². The summed E-state index contributed by atoms with van der Waals surface area (Å²) in [6.45, 7) is 0.